The fourth-order valence-electron chi connectivity index (χ4n) is 4.21. The lowest BCUT2D eigenvalue weighted by atomic mass is 9.98. The van der Waals surface area contributed by atoms with Gasteiger partial charge >= 0.3 is 0 Å². The summed E-state index contributed by atoms with van der Waals surface area (Å²) in [5.74, 6) is -0.351. The van der Waals surface area contributed by atoms with Gasteiger partial charge in [0.2, 0.25) is 5.91 Å². The lowest BCUT2D eigenvalue weighted by molar-refractivity contribution is -0.121. The first-order valence-corrected chi connectivity index (χ1v) is 12.7. The monoisotopic (exact) mass is 516 g/mol. The molecular formula is C28H25FN4O3S. The van der Waals surface area contributed by atoms with Gasteiger partial charge in [0.15, 0.2) is 5.17 Å². The van der Waals surface area contributed by atoms with Gasteiger partial charge in [0.25, 0.3) is 5.91 Å². The van der Waals surface area contributed by atoms with E-state index in [9.17, 15) is 14.0 Å². The fourth-order valence-corrected chi connectivity index (χ4v) is 5.27. The number of hydrogen-bond donors (Lipinski definition) is 1. The molecule has 2 aliphatic rings. The molecule has 0 aromatic heterocycles. The highest BCUT2D eigenvalue weighted by Gasteiger charge is 2.39. The molecule has 0 bridgehead atoms. The second kappa shape index (κ2) is 10.6. The highest BCUT2D eigenvalue weighted by Crippen LogP contribution is 2.39. The van der Waals surface area contributed by atoms with Gasteiger partial charge < -0.3 is 10.1 Å². The number of methoxy groups -OCH3 is 1. The van der Waals surface area contributed by atoms with Crippen LogP contribution in [0.3, 0.4) is 0 Å². The Morgan fingerprint density at radius 1 is 1.08 bits per heavy atom. The van der Waals surface area contributed by atoms with Crippen molar-refractivity contribution >= 4 is 40.1 Å². The van der Waals surface area contributed by atoms with E-state index in [1.165, 1.54) is 36.0 Å². The number of nitrogens with one attached hydrogen (secondary N) is 1. The maximum absolute atomic E-state index is 13.1. The van der Waals surface area contributed by atoms with Crippen molar-refractivity contribution in [2.24, 2.45) is 10.1 Å². The van der Waals surface area contributed by atoms with Crippen LogP contribution in [0.1, 0.15) is 35.6 Å². The molecule has 3 aromatic rings. The predicted octanol–water partition coefficient (Wildman–Crippen LogP) is 5.32. The van der Waals surface area contributed by atoms with Crippen molar-refractivity contribution in [3.05, 3.63) is 95.3 Å². The van der Waals surface area contributed by atoms with Gasteiger partial charge in [-0.3, -0.25) is 9.59 Å². The van der Waals surface area contributed by atoms with E-state index in [1.807, 2.05) is 55.5 Å². The third kappa shape index (κ3) is 5.56. The average molecular weight is 517 g/mol. The van der Waals surface area contributed by atoms with E-state index < -0.39 is 5.25 Å². The second-order valence-corrected chi connectivity index (χ2v) is 10.0. The van der Waals surface area contributed by atoms with E-state index in [0.29, 0.717) is 17.3 Å². The van der Waals surface area contributed by atoms with Crippen LogP contribution >= 0.6 is 11.8 Å². The molecule has 188 valence electrons. The van der Waals surface area contributed by atoms with Crippen LogP contribution in [0.4, 0.5) is 10.1 Å². The van der Waals surface area contributed by atoms with E-state index in [4.69, 9.17) is 9.84 Å². The zero-order chi connectivity index (χ0) is 25.9. The van der Waals surface area contributed by atoms with Crippen LogP contribution in [0, 0.1) is 12.7 Å². The summed E-state index contributed by atoms with van der Waals surface area (Å²) >= 11 is 1.24. The van der Waals surface area contributed by atoms with Gasteiger partial charge in [-0.1, -0.05) is 53.7 Å². The van der Waals surface area contributed by atoms with Crippen LogP contribution in [-0.4, -0.2) is 40.1 Å². The molecule has 5 rings (SSSR count). The number of benzene rings is 3. The molecule has 1 N–H and O–H groups in total. The van der Waals surface area contributed by atoms with Crippen molar-refractivity contribution in [1.82, 2.24) is 5.01 Å². The van der Waals surface area contributed by atoms with Gasteiger partial charge in [0.05, 0.1) is 18.9 Å². The number of thioether (sulfide) groups is 1. The van der Waals surface area contributed by atoms with Crippen LogP contribution in [0.25, 0.3) is 0 Å². The maximum Gasteiger partial charge on any atom is 0.262 e. The number of halogens is 1. The molecule has 2 heterocycles. The van der Waals surface area contributed by atoms with Gasteiger partial charge in [-0.05, 0) is 54.4 Å². The van der Waals surface area contributed by atoms with Crippen molar-refractivity contribution in [2.45, 2.75) is 31.1 Å². The summed E-state index contributed by atoms with van der Waals surface area (Å²) in [4.78, 5) is 29.6. The smallest absolute Gasteiger partial charge is 0.262 e. The Bertz CT molecular complexity index is 1370. The van der Waals surface area contributed by atoms with Gasteiger partial charge in [-0.2, -0.15) is 10.1 Å². The highest BCUT2D eigenvalue weighted by molar-refractivity contribution is 8.15. The quantitative estimate of drug-likeness (QED) is 0.480. The number of aryl methyl sites for hydroxylation is 1. The van der Waals surface area contributed by atoms with E-state index in [0.717, 1.165) is 28.2 Å². The number of anilines is 1. The number of carbonyl (C=O) groups excluding carboxylic acids is 2. The average Bonchev–Trinajstić information content (AvgIpc) is 3.50. The molecule has 7 nitrogen and oxygen atoms in total. The molecule has 2 atom stereocenters. The lowest BCUT2D eigenvalue weighted by Crippen LogP contribution is -2.25. The summed E-state index contributed by atoms with van der Waals surface area (Å²) in [5, 5.41) is 9.17. The molecule has 0 unspecified atom stereocenters. The summed E-state index contributed by atoms with van der Waals surface area (Å²) < 4.78 is 18.4. The van der Waals surface area contributed by atoms with E-state index in [2.05, 4.69) is 10.3 Å². The highest BCUT2D eigenvalue weighted by atomic mass is 32.2. The first-order valence-electron chi connectivity index (χ1n) is 11.8. The summed E-state index contributed by atoms with van der Waals surface area (Å²) in [5.41, 5.74) is 4.55. The van der Waals surface area contributed by atoms with E-state index in [-0.39, 0.29) is 30.1 Å². The predicted molar refractivity (Wildman–Crippen MR) is 143 cm³/mol. The molecule has 0 radical (unpaired) electrons. The van der Waals surface area contributed by atoms with Crippen molar-refractivity contribution < 1.29 is 18.7 Å². The Labute approximate surface area is 218 Å². The Kier molecular flexibility index (Phi) is 7.05. The Morgan fingerprint density at radius 2 is 1.78 bits per heavy atom. The number of nitrogens with zero attached hydrogens (tertiary/aromatic N) is 3. The first kappa shape index (κ1) is 24.7. The lowest BCUT2D eigenvalue weighted by Gasteiger charge is -2.23. The third-order valence-corrected chi connectivity index (χ3v) is 7.36. The van der Waals surface area contributed by atoms with Gasteiger partial charge in [0, 0.05) is 18.5 Å². The number of carbonyl (C=O) groups is 2. The van der Waals surface area contributed by atoms with Crippen LogP contribution in [0.15, 0.2) is 82.9 Å². The molecule has 3 aromatic carbocycles. The topological polar surface area (TPSA) is 83.4 Å². The molecule has 0 saturated heterocycles. The Morgan fingerprint density at radius 3 is 2.46 bits per heavy atom. The minimum absolute atomic E-state index is 0.0521. The number of hydrogen-bond acceptors (Lipinski definition) is 6. The number of rotatable bonds is 6. The van der Waals surface area contributed by atoms with Crippen LogP contribution < -0.4 is 10.1 Å². The molecule has 0 saturated carbocycles. The second-order valence-electron chi connectivity index (χ2n) is 8.85. The molecule has 2 aliphatic heterocycles. The number of amidine groups is 1. The largest absolute Gasteiger partial charge is 0.497 e. The zero-order valence-corrected chi connectivity index (χ0v) is 21.2. The van der Waals surface area contributed by atoms with E-state index in [1.54, 1.807) is 12.1 Å². The Balaban J connectivity index is 1.35. The number of amides is 2. The SMILES string of the molecule is COc1ccc([C@H]2CC(c3ccc(C)cc3)=NN2C2=NC(=O)[C@H](CC(=O)Nc3ccc(F)cc3)S2)cc1. The first-order chi connectivity index (χ1) is 17.9. The normalized spacial score (nSPS) is 19.0. The summed E-state index contributed by atoms with van der Waals surface area (Å²) in [6, 6.07) is 21.3. The van der Waals surface area contributed by atoms with E-state index >= 15 is 0 Å². The summed E-state index contributed by atoms with van der Waals surface area (Å²) in [6.07, 6.45) is 0.586. The van der Waals surface area contributed by atoms with Crippen LogP contribution in [-0.2, 0) is 9.59 Å². The van der Waals surface area contributed by atoms with Crippen molar-refractivity contribution in [1.29, 1.82) is 0 Å². The van der Waals surface area contributed by atoms with Gasteiger partial charge in [-0.25, -0.2) is 9.40 Å². The van der Waals surface area contributed by atoms with Gasteiger partial charge in [-0.15, -0.1) is 0 Å². The molecule has 2 amide bonds. The minimum Gasteiger partial charge on any atom is -0.497 e. The molecule has 0 spiro atoms. The molecule has 9 heteroatoms. The standard InChI is InChI=1S/C28H25FN4O3S/c1-17-3-5-18(6-4-17)23-15-24(19-7-13-22(36-2)14-8-19)33(32-23)28-31-27(35)25(37-28)16-26(34)30-21-11-9-20(29)10-12-21/h3-14,24-25H,15-16H2,1-2H3,(H,30,34)/t24-,25+/m1/s1. The van der Waals surface area contributed by atoms with Crippen molar-refractivity contribution in [3.8, 4) is 5.75 Å². The number of hydrazone groups is 1. The molecule has 0 fully saturated rings. The molecular weight excluding hydrogens is 491 g/mol. The summed E-state index contributed by atoms with van der Waals surface area (Å²) in [6.45, 7) is 2.04. The van der Waals surface area contributed by atoms with Crippen molar-refractivity contribution in [3.63, 3.8) is 0 Å². The molecule has 37 heavy (non-hydrogen) atoms. The molecule has 0 aliphatic carbocycles. The maximum atomic E-state index is 13.1. The third-order valence-electron chi connectivity index (χ3n) is 6.22. The Hall–Kier alpha value is -3.98. The minimum atomic E-state index is -0.661. The number of ether oxygens (including phenoxy) is 1. The zero-order valence-electron chi connectivity index (χ0n) is 20.3. The van der Waals surface area contributed by atoms with Crippen LogP contribution in [0.2, 0.25) is 0 Å². The van der Waals surface area contributed by atoms with Crippen LogP contribution in [0.5, 0.6) is 5.75 Å². The number of aliphatic imine (C=N–C) groups is 1. The van der Waals surface area contributed by atoms with Gasteiger partial charge in [0.1, 0.15) is 16.8 Å². The van der Waals surface area contributed by atoms with Crippen molar-refractivity contribution in [2.75, 3.05) is 12.4 Å². The summed E-state index contributed by atoms with van der Waals surface area (Å²) in [7, 11) is 1.62. The fraction of sp³-hybridized carbons (Fsp3) is 0.214.